The highest BCUT2D eigenvalue weighted by molar-refractivity contribution is 6.31. The van der Waals surface area contributed by atoms with Crippen molar-refractivity contribution >= 4 is 34.7 Å². The third kappa shape index (κ3) is 3.60. The molecule has 34 heavy (non-hydrogen) atoms. The first-order chi connectivity index (χ1) is 16.6. The normalized spacial score (nSPS) is 16.4. The number of anilines is 4. The van der Waals surface area contributed by atoms with Crippen molar-refractivity contribution in [1.29, 1.82) is 0 Å². The minimum atomic E-state index is -0.0345. The van der Waals surface area contributed by atoms with E-state index in [1.165, 1.54) is 0 Å². The number of likely N-dealkylation sites (N-methyl/N-ethyl adjacent to an activating group) is 2. The van der Waals surface area contributed by atoms with Gasteiger partial charge >= 0.3 is 0 Å². The molecule has 0 radical (unpaired) electrons. The Bertz CT molecular complexity index is 1340. The second-order valence-electron chi connectivity index (χ2n) is 8.71. The third-order valence-electron chi connectivity index (χ3n) is 6.32. The van der Waals surface area contributed by atoms with E-state index >= 15 is 0 Å². The second-order valence-corrected chi connectivity index (χ2v) is 9.15. The molecule has 0 bridgehead atoms. The van der Waals surface area contributed by atoms with Gasteiger partial charge in [-0.3, -0.25) is 5.10 Å². The van der Waals surface area contributed by atoms with Crippen LogP contribution < -0.4 is 19.4 Å². The lowest BCUT2D eigenvalue weighted by atomic mass is 10.0. The van der Waals surface area contributed by atoms with Crippen LogP contribution in [0.5, 0.6) is 5.75 Å². The zero-order valence-corrected chi connectivity index (χ0v) is 19.7. The van der Waals surface area contributed by atoms with E-state index in [-0.39, 0.29) is 6.10 Å². The number of hydrogen-bond acceptors (Lipinski definition) is 7. The van der Waals surface area contributed by atoms with E-state index in [2.05, 4.69) is 39.2 Å². The first-order valence-corrected chi connectivity index (χ1v) is 11.6. The third-order valence-corrected chi connectivity index (χ3v) is 6.55. The van der Waals surface area contributed by atoms with Gasteiger partial charge in [-0.25, -0.2) is 4.98 Å². The molecule has 4 aromatic rings. The topological polar surface area (TPSA) is 73.4 Å². The maximum atomic E-state index is 6.27. The summed E-state index contributed by atoms with van der Waals surface area (Å²) in [6.45, 7) is 2.08. The molecule has 0 aliphatic carbocycles. The average molecular weight is 474 g/mol. The summed E-state index contributed by atoms with van der Waals surface area (Å²) in [4.78, 5) is 16.1. The molecule has 0 spiro atoms. The van der Waals surface area contributed by atoms with E-state index in [1.54, 1.807) is 0 Å². The predicted molar refractivity (Wildman–Crippen MR) is 134 cm³/mol. The van der Waals surface area contributed by atoms with E-state index in [1.807, 2.05) is 60.7 Å². The van der Waals surface area contributed by atoms with Crippen LogP contribution in [0.3, 0.4) is 0 Å². The van der Waals surface area contributed by atoms with Gasteiger partial charge in [-0.1, -0.05) is 29.8 Å². The van der Waals surface area contributed by atoms with Gasteiger partial charge in [0.05, 0.1) is 42.8 Å². The van der Waals surface area contributed by atoms with E-state index in [4.69, 9.17) is 26.3 Å². The van der Waals surface area contributed by atoms with Crippen LogP contribution >= 0.6 is 11.6 Å². The minimum absolute atomic E-state index is 0.0345. The van der Waals surface area contributed by atoms with Crippen LogP contribution in [0.1, 0.15) is 5.56 Å². The van der Waals surface area contributed by atoms with Crippen molar-refractivity contribution in [2.75, 3.05) is 41.9 Å². The quantitative estimate of drug-likeness (QED) is 0.467. The monoisotopic (exact) mass is 473 g/mol. The van der Waals surface area contributed by atoms with Crippen molar-refractivity contribution in [3.63, 3.8) is 0 Å². The number of para-hydroxylation sites is 1. The molecule has 4 heterocycles. The fraction of sp³-hybridized carbons (Fsp3) is 0.240. The zero-order valence-electron chi connectivity index (χ0n) is 18.9. The number of hydrogen-bond donors (Lipinski definition) is 1. The van der Waals surface area contributed by atoms with Gasteiger partial charge in [-0.05, 0) is 30.3 Å². The Balaban J connectivity index is 1.29. The minimum Gasteiger partial charge on any atom is -0.485 e. The largest absolute Gasteiger partial charge is 0.485 e. The highest BCUT2D eigenvalue weighted by Gasteiger charge is 2.29. The molecule has 1 atom stereocenters. The number of aromatic amines is 1. The van der Waals surface area contributed by atoms with Gasteiger partial charge in [-0.2, -0.15) is 10.1 Å². The molecular weight excluding hydrogens is 450 g/mol. The summed E-state index contributed by atoms with van der Waals surface area (Å²) in [6.07, 6.45) is 3.72. The van der Waals surface area contributed by atoms with Crippen molar-refractivity contribution in [2.45, 2.75) is 12.6 Å². The van der Waals surface area contributed by atoms with Crippen LogP contribution in [0.2, 0.25) is 5.02 Å². The lowest BCUT2D eigenvalue weighted by Crippen LogP contribution is -2.44. The maximum Gasteiger partial charge on any atom is 0.227 e. The van der Waals surface area contributed by atoms with Crippen molar-refractivity contribution in [3.05, 3.63) is 71.5 Å². The molecule has 2 aromatic heterocycles. The molecule has 9 heteroatoms. The van der Waals surface area contributed by atoms with E-state index in [0.717, 1.165) is 46.3 Å². The number of ether oxygens (including phenoxy) is 1. The summed E-state index contributed by atoms with van der Waals surface area (Å²) < 4.78 is 6.27. The molecule has 0 fully saturated rings. The fourth-order valence-corrected chi connectivity index (χ4v) is 4.82. The lowest BCUT2D eigenvalue weighted by Gasteiger charge is -2.36. The van der Waals surface area contributed by atoms with Crippen LogP contribution in [-0.4, -0.2) is 53.5 Å². The van der Waals surface area contributed by atoms with E-state index < -0.39 is 0 Å². The number of rotatable bonds is 4. The fourth-order valence-electron chi connectivity index (χ4n) is 4.65. The van der Waals surface area contributed by atoms with Crippen LogP contribution in [-0.2, 0) is 6.54 Å². The van der Waals surface area contributed by atoms with Crippen LogP contribution in [0.4, 0.5) is 23.1 Å². The summed E-state index contributed by atoms with van der Waals surface area (Å²) in [7, 11) is 4.06. The lowest BCUT2D eigenvalue weighted by molar-refractivity contribution is 0.201. The number of halogens is 1. The van der Waals surface area contributed by atoms with Crippen molar-refractivity contribution in [3.8, 4) is 17.0 Å². The van der Waals surface area contributed by atoms with Gasteiger partial charge in [0.15, 0.2) is 0 Å². The standard InChI is InChI=1S/C25H24ClN7O/c1-31-14-19(34-22-9-8-17(26)10-21(22)31)15-32(2)25-27-12-20-23-16(11-28-30-23)13-33(24(20)29-25)18-6-4-3-5-7-18/h3-12,19H,13-15H2,1-2H3,(H,28,30). The van der Waals surface area contributed by atoms with Gasteiger partial charge in [0.1, 0.15) is 17.7 Å². The SMILES string of the molecule is CN(CC1CN(C)c2cc(Cl)ccc2O1)c1ncc2c(n1)N(c1ccccc1)Cc1cn[nH]c1-2. The number of aromatic nitrogens is 4. The predicted octanol–water partition coefficient (Wildman–Crippen LogP) is 4.51. The van der Waals surface area contributed by atoms with Gasteiger partial charge in [0.2, 0.25) is 5.95 Å². The first kappa shape index (κ1) is 20.8. The van der Waals surface area contributed by atoms with Gasteiger partial charge in [-0.15, -0.1) is 0 Å². The van der Waals surface area contributed by atoms with Crippen molar-refractivity contribution < 1.29 is 4.74 Å². The van der Waals surface area contributed by atoms with Gasteiger partial charge < -0.3 is 19.4 Å². The molecule has 6 rings (SSSR count). The molecule has 2 aromatic carbocycles. The summed E-state index contributed by atoms with van der Waals surface area (Å²) >= 11 is 6.16. The molecule has 172 valence electrons. The second kappa shape index (κ2) is 8.22. The average Bonchev–Trinajstić information content (AvgIpc) is 3.33. The molecule has 2 aliphatic rings. The Hall–Kier alpha value is -3.78. The molecule has 2 aliphatic heterocycles. The Kier molecular flexibility index (Phi) is 5.03. The van der Waals surface area contributed by atoms with E-state index in [9.17, 15) is 0 Å². The Morgan fingerprint density at radius 3 is 2.88 bits per heavy atom. The van der Waals surface area contributed by atoms with E-state index in [0.29, 0.717) is 24.1 Å². The first-order valence-electron chi connectivity index (χ1n) is 11.2. The number of fused-ring (bicyclic) bond motifs is 4. The Labute approximate surface area is 202 Å². The summed E-state index contributed by atoms with van der Waals surface area (Å²) in [6, 6.07) is 16.0. The molecule has 0 saturated heterocycles. The number of nitrogens with zero attached hydrogens (tertiary/aromatic N) is 6. The molecule has 0 amide bonds. The van der Waals surface area contributed by atoms with Crippen LogP contribution in [0, 0.1) is 0 Å². The number of H-pyrrole nitrogens is 1. The summed E-state index contributed by atoms with van der Waals surface area (Å²) in [5.41, 5.74) is 5.13. The molecule has 8 nitrogen and oxygen atoms in total. The zero-order chi connectivity index (χ0) is 23.2. The molecule has 1 N–H and O–H groups in total. The van der Waals surface area contributed by atoms with Crippen molar-refractivity contribution in [1.82, 2.24) is 20.2 Å². The number of nitrogens with one attached hydrogen (secondary N) is 1. The van der Waals surface area contributed by atoms with Gasteiger partial charge in [0.25, 0.3) is 0 Å². The maximum absolute atomic E-state index is 6.27. The smallest absolute Gasteiger partial charge is 0.227 e. The van der Waals surface area contributed by atoms with Crippen molar-refractivity contribution in [2.24, 2.45) is 0 Å². The summed E-state index contributed by atoms with van der Waals surface area (Å²) in [5, 5.41) is 8.07. The Morgan fingerprint density at radius 1 is 1.18 bits per heavy atom. The molecule has 0 saturated carbocycles. The van der Waals surface area contributed by atoms with Crippen LogP contribution in [0.25, 0.3) is 11.3 Å². The Morgan fingerprint density at radius 2 is 2.03 bits per heavy atom. The van der Waals surface area contributed by atoms with Gasteiger partial charge in [0, 0.05) is 36.6 Å². The highest BCUT2D eigenvalue weighted by atomic mass is 35.5. The number of benzene rings is 2. The molecule has 1 unspecified atom stereocenters. The molecular formula is C25H24ClN7O. The van der Waals surface area contributed by atoms with Crippen LogP contribution in [0.15, 0.2) is 60.9 Å². The summed E-state index contributed by atoms with van der Waals surface area (Å²) in [5.74, 6) is 2.35. The highest BCUT2D eigenvalue weighted by Crippen LogP contribution is 2.41.